The fourth-order valence-electron chi connectivity index (χ4n) is 2.76. The molecule has 7 nitrogen and oxygen atoms in total. The molecule has 0 saturated heterocycles. The average Bonchev–Trinajstić information content (AvgIpc) is 3.07. The quantitative estimate of drug-likeness (QED) is 0.610. The number of ether oxygens (including phenoxy) is 1. The number of hydrogen-bond acceptors (Lipinski definition) is 6. The van der Waals surface area contributed by atoms with Gasteiger partial charge in [0.05, 0.1) is 16.8 Å². The van der Waals surface area contributed by atoms with E-state index in [1.54, 1.807) is 45.0 Å². The molecule has 3 aromatic rings. The number of hydrogen-bond donors (Lipinski definition) is 1. The topological polar surface area (TPSA) is 103 Å². The van der Waals surface area contributed by atoms with E-state index < -0.39 is 27.0 Å². The molecule has 29 heavy (non-hydrogen) atoms. The minimum atomic E-state index is -3.43. The van der Waals surface area contributed by atoms with Crippen LogP contribution in [-0.2, 0) is 14.6 Å². The summed E-state index contributed by atoms with van der Waals surface area (Å²) in [6.07, 6.45) is 0. The van der Waals surface area contributed by atoms with Gasteiger partial charge in [-0.05, 0) is 57.2 Å². The van der Waals surface area contributed by atoms with Crippen LogP contribution in [0.4, 0.5) is 5.69 Å². The van der Waals surface area contributed by atoms with Crippen LogP contribution in [0.5, 0.6) is 0 Å². The standard InChI is InChI=1S/C21H21NO6S/c1-4-27-21(24)19-18(16-7-5-6-8-17(16)28-19)22-20(23)14-9-11-15(12-10-14)29(25,26)13(2)3/h5-13H,4H2,1-3H3,(H,22,23). The first kappa shape index (κ1) is 20.6. The molecule has 1 aromatic heterocycles. The van der Waals surface area contributed by atoms with Gasteiger partial charge in [0.25, 0.3) is 5.91 Å². The molecule has 0 aliphatic heterocycles. The summed E-state index contributed by atoms with van der Waals surface area (Å²) in [6.45, 7) is 5.02. The lowest BCUT2D eigenvalue weighted by atomic mass is 10.2. The van der Waals surface area contributed by atoms with E-state index in [0.717, 1.165) is 0 Å². The maximum absolute atomic E-state index is 12.7. The Kier molecular flexibility index (Phi) is 5.74. The molecule has 0 atom stereocenters. The van der Waals surface area contributed by atoms with Gasteiger partial charge in [-0.1, -0.05) is 12.1 Å². The number of sulfone groups is 1. The molecule has 0 aliphatic carbocycles. The number of carbonyl (C=O) groups is 2. The summed E-state index contributed by atoms with van der Waals surface area (Å²) in [6, 6.07) is 12.5. The molecule has 0 saturated carbocycles. The second-order valence-electron chi connectivity index (χ2n) is 6.60. The third-order valence-electron chi connectivity index (χ3n) is 4.36. The Morgan fingerprint density at radius 3 is 2.34 bits per heavy atom. The molecule has 0 radical (unpaired) electrons. The fourth-order valence-corrected chi connectivity index (χ4v) is 3.82. The number of para-hydroxylation sites is 1. The summed E-state index contributed by atoms with van der Waals surface area (Å²) in [4.78, 5) is 25.1. The number of furan rings is 1. The number of esters is 1. The van der Waals surface area contributed by atoms with Crippen molar-refractivity contribution in [2.75, 3.05) is 11.9 Å². The predicted molar refractivity (Wildman–Crippen MR) is 109 cm³/mol. The average molecular weight is 415 g/mol. The van der Waals surface area contributed by atoms with Crippen LogP contribution in [0, 0.1) is 0 Å². The summed E-state index contributed by atoms with van der Waals surface area (Å²) in [5, 5.41) is 2.68. The summed E-state index contributed by atoms with van der Waals surface area (Å²) in [5.41, 5.74) is 0.889. The molecule has 3 rings (SSSR count). The highest BCUT2D eigenvalue weighted by Crippen LogP contribution is 2.32. The molecule has 0 bridgehead atoms. The molecular weight excluding hydrogens is 394 g/mol. The minimum absolute atomic E-state index is 0.0968. The number of benzene rings is 2. The van der Waals surface area contributed by atoms with Gasteiger partial charge in [-0.25, -0.2) is 13.2 Å². The lowest BCUT2D eigenvalue weighted by Crippen LogP contribution is -2.16. The van der Waals surface area contributed by atoms with Gasteiger partial charge in [0.2, 0.25) is 5.76 Å². The van der Waals surface area contributed by atoms with E-state index in [1.165, 1.54) is 24.3 Å². The molecule has 8 heteroatoms. The predicted octanol–water partition coefficient (Wildman–Crippen LogP) is 4.04. The molecule has 2 aromatic carbocycles. The zero-order valence-corrected chi connectivity index (χ0v) is 17.1. The number of amides is 1. The van der Waals surface area contributed by atoms with Crippen LogP contribution in [0.2, 0.25) is 0 Å². The monoisotopic (exact) mass is 415 g/mol. The Bertz CT molecular complexity index is 1160. The van der Waals surface area contributed by atoms with Crippen molar-refractivity contribution in [3.8, 4) is 0 Å². The van der Waals surface area contributed by atoms with Crippen LogP contribution in [0.15, 0.2) is 57.8 Å². The maximum atomic E-state index is 12.7. The molecule has 0 spiro atoms. The maximum Gasteiger partial charge on any atom is 0.376 e. The first-order valence-corrected chi connectivity index (χ1v) is 10.6. The minimum Gasteiger partial charge on any atom is -0.460 e. The van der Waals surface area contributed by atoms with Crippen LogP contribution in [0.1, 0.15) is 41.7 Å². The van der Waals surface area contributed by atoms with Gasteiger partial charge >= 0.3 is 5.97 Å². The Balaban J connectivity index is 1.94. The smallest absolute Gasteiger partial charge is 0.376 e. The van der Waals surface area contributed by atoms with Gasteiger partial charge in [-0.15, -0.1) is 0 Å². The highest BCUT2D eigenvalue weighted by Gasteiger charge is 2.24. The van der Waals surface area contributed by atoms with Gasteiger partial charge in [0, 0.05) is 10.9 Å². The van der Waals surface area contributed by atoms with Gasteiger partial charge in [-0.3, -0.25) is 4.79 Å². The van der Waals surface area contributed by atoms with E-state index in [-0.39, 0.29) is 28.5 Å². The normalized spacial score (nSPS) is 11.6. The van der Waals surface area contributed by atoms with E-state index in [2.05, 4.69) is 5.32 Å². The fraction of sp³-hybridized carbons (Fsp3) is 0.238. The van der Waals surface area contributed by atoms with E-state index in [9.17, 15) is 18.0 Å². The largest absolute Gasteiger partial charge is 0.460 e. The van der Waals surface area contributed by atoms with Crippen LogP contribution in [0.25, 0.3) is 11.0 Å². The third kappa shape index (κ3) is 4.02. The van der Waals surface area contributed by atoms with Gasteiger partial charge < -0.3 is 14.5 Å². The zero-order chi connectivity index (χ0) is 21.2. The molecule has 1 amide bonds. The summed E-state index contributed by atoms with van der Waals surface area (Å²) in [5.74, 6) is -1.28. The first-order valence-electron chi connectivity index (χ1n) is 9.09. The molecule has 1 heterocycles. The van der Waals surface area contributed by atoms with Crippen molar-refractivity contribution < 1.29 is 27.2 Å². The Hall–Kier alpha value is -3.13. The van der Waals surface area contributed by atoms with Gasteiger partial charge in [0.1, 0.15) is 11.3 Å². The van der Waals surface area contributed by atoms with Crippen LogP contribution in [-0.4, -0.2) is 32.2 Å². The number of rotatable bonds is 6. The van der Waals surface area contributed by atoms with Crippen molar-refractivity contribution in [2.45, 2.75) is 30.9 Å². The second kappa shape index (κ2) is 8.08. The van der Waals surface area contributed by atoms with E-state index >= 15 is 0 Å². The molecular formula is C21H21NO6S. The molecule has 0 unspecified atom stereocenters. The summed E-state index contributed by atoms with van der Waals surface area (Å²) in [7, 11) is -3.43. The molecule has 0 fully saturated rings. The lowest BCUT2D eigenvalue weighted by Gasteiger charge is -2.09. The summed E-state index contributed by atoms with van der Waals surface area (Å²) < 4.78 is 35.0. The van der Waals surface area contributed by atoms with Crippen molar-refractivity contribution in [3.05, 3.63) is 59.9 Å². The van der Waals surface area contributed by atoms with Crippen molar-refractivity contribution in [1.29, 1.82) is 0 Å². The van der Waals surface area contributed by atoms with Crippen molar-refractivity contribution >= 4 is 38.4 Å². The third-order valence-corrected chi connectivity index (χ3v) is 6.53. The number of anilines is 1. The highest BCUT2D eigenvalue weighted by atomic mass is 32.2. The Morgan fingerprint density at radius 1 is 1.07 bits per heavy atom. The van der Waals surface area contributed by atoms with Crippen molar-refractivity contribution in [2.24, 2.45) is 0 Å². The SMILES string of the molecule is CCOC(=O)c1oc2ccccc2c1NC(=O)c1ccc(S(=O)(=O)C(C)C)cc1. The number of nitrogens with one attached hydrogen (secondary N) is 1. The number of fused-ring (bicyclic) bond motifs is 1. The number of carbonyl (C=O) groups excluding carboxylic acids is 2. The highest BCUT2D eigenvalue weighted by molar-refractivity contribution is 7.92. The lowest BCUT2D eigenvalue weighted by molar-refractivity contribution is 0.0494. The summed E-state index contributed by atoms with van der Waals surface area (Å²) >= 11 is 0. The Morgan fingerprint density at radius 2 is 1.72 bits per heavy atom. The van der Waals surface area contributed by atoms with Gasteiger partial charge in [-0.2, -0.15) is 0 Å². The first-order chi connectivity index (χ1) is 13.8. The van der Waals surface area contributed by atoms with E-state index in [4.69, 9.17) is 9.15 Å². The van der Waals surface area contributed by atoms with Gasteiger partial charge in [0.15, 0.2) is 9.84 Å². The van der Waals surface area contributed by atoms with E-state index in [1.807, 2.05) is 0 Å². The molecule has 0 aliphatic rings. The van der Waals surface area contributed by atoms with E-state index in [0.29, 0.717) is 11.0 Å². The van der Waals surface area contributed by atoms with Crippen LogP contribution >= 0.6 is 0 Å². The van der Waals surface area contributed by atoms with Crippen molar-refractivity contribution in [1.82, 2.24) is 0 Å². The molecule has 1 N–H and O–H groups in total. The van der Waals surface area contributed by atoms with Crippen molar-refractivity contribution in [3.63, 3.8) is 0 Å². The zero-order valence-electron chi connectivity index (χ0n) is 16.3. The molecule has 152 valence electrons. The Labute approximate surface area is 168 Å². The van der Waals surface area contributed by atoms with Crippen LogP contribution in [0.3, 0.4) is 0 Å². The van der Waals surface area contributed by atoms with Crippen LogP contribution < -0.4 is 5.32 Å². The second-order valence-corrected chi connectivity index (χ2v) is 9.10.